The molecule has 20 heavy (non-hydrogen) atoms. The van der Waals surface area contributed by atoms with Crippen molar-refractivity contribution in [3.05, 3.63) is 33.5 Å². The van der Waals surface area contributed by atoms with E-state index in [0.717, 1.165) is 27.4 Å². The molecular formula is C15H17BrClN3. The first kappa shape index (κ1) is 14.0. The number of hydrogen-bond acceptors (Lipinski definition) is 2. The first-order valence-corrected chi connectivity index (χ1v) is 7.99. The first-order chi connectivity index (χ1) is 9.49. The highest BCUT2D eigenvalue weighted by Crippen LogP contribution is 2.43. The maximum atomic E-state index is 6.36. The molecule has 1 fully saturated rings. The topological polar surface area (TPSA) is 43.8 Å². The molecule has 106 valence electrons. The van der Waals surface area contributed by atoms with E-state index in [2.05, 4.69) is 34.3 Å². The molecule has 1 aliphatic rings. The van der Waals surface area contributed by atoms with Crippen LogP contribution in [0.2, 0.25) is 5.02 Å². The van der Waals surface area contributed by atoms with Gasteiger partial charge in [0, 0.05) is 22.0 Å². The van der Waals surface area contributed by atoms with Crippen LogP contribution in [-0.2, 0) is 0 Å². The third kappa shape index (κ3) is 2.35. The summed E-state index contributed by atoms with van der Waals surface area (Å²) >= 11 is 9.79. The molecule has 0 aliphatic heterocycles. The van der Waals surface area contributed by atoms with Crippen LogP contribution in [0.25, 0.3) is 11.3 Å². The SMILES string of the molecule is CC(C)c1nc(-c2cc(Br)ccc2Cl)c(N)n1C1CC1. The number of nitrogens with two attached hydrogens (primary N) is 1. The first-order valence-electron chi connectivity index (χ1n) is 6.82. The molecule has 0 amide bonds. The summed E-state index contributed by atoms with van der Waals surface area (Å²) in [5, 5.41) is 0.677. The number of halogens is 2. The summed E-state index contributed by atoms with van der Waals surface area (Å²) in [7, 11) is 0. The van der Waals surface area contributed by atoms with Gasteiger partial charge in [0.05, 0.1) is 5.02 Å². The molecule has 1 saturated carbocycles. The van der Waals surface area contributed by atoms with Gasteiger partial charge in [0.15, 0.2) is 0 Å². The third-order valence-corrected chi connectivity index (χ3v) is 4.41. The van der Waals surface area contributed by atoms with Crippen LogP contribution in [0, 0.1) is 0 Å². The van der Waals surface area contributed by atoms with Crippen molar-refractivity contribution in [3.8, 4) is 11.3 Å². The Bertz CT molecular complexity index is 659. The molecule has 0 spiro atoms. The minimum absolute atomic E-state index is 0.345. The largest absolute Gasteiger partial charge is 0.383 e. The van der Waals surface area contributed by atoms with E-state index < -0.39 is 0 Å². The fraction of sp³-hybridized carbons (Fsp3) is 0.400. The summed E-state index contributed by atoms with van der Waals surface area (Å²) < 4.78 is 3.17. The number of imidazole rings is 1. The summed E-state index contributed by atoms with van der Waals surface area (Å²) in [5.74, 6) is 2.13. The van der Waals surface area contributed by atoms with Crippen molar-refractivity contribution < 1.29 is 0 Å². The maximum Gasteiger partial charge on any atom is 0.132 e. The smallest absolute Gasteiger partial charge is 0.132 e. The van der Waals surface area contributed by atoms with Gasteiger partial charge < -0.3 is 10.3 Å². The van der Waals surface area contributed by atoms with Crippen molar-refractivity contribution in [3.63, 3.8) is 0 Å². The van der Waals surface area contributed by atoms with Crippen molar-refractivity contribution in [2.45, 2.75) is 38.6 Å². The van der Waals surface area contributed by atoms with Gasteiger partial charge in [-0.25, -0.2) is 4.98 Å². The summed E-state index contributed by atoms with van der Waals surface area (Å²) in [4.78, 5) is 4.78. The van der Waals surface area contributed by atoms with Crippen LogP contribution in [0.1, 0.15) is 44.5 Å². The molecule has 0 saturated heterocycles. The fourth-order valence-electron chi connectivity index (χ4n) is 2.46. The van der Waals surface area contributed by atoms with E-state index in [0.29, 0.717) is 17.0 Å². The molecule has 0 unspecified atom stereocenters. The number of anilines is 1. The lowest BCUT2D eigenvalue weighted by Gasteiger charge is -2.10. The molecule has 5 heteroatoms. The van der Waals surface area contributed by atoms with Crippen LogP contribution in [0.4, 0.5) is 5.82 Å². The molecule has 2 N–H and O–H groups in total. The Kier molecular flexibility index (Phi) is 3.55. The molecule has 1 heterocycles. The van der Waals surface area contributed by atoms with E-state index in [1.165, 1.54) is 12.8 Å². The van der Waals surface area contributed by atoms with Gasteiger partial charge in [-0.3, -0.25) is 0 Å². The van der Waals surface area contributed by atoms with E-state index in [9.17, 15) is 0 Å². The van der Waals surface area contributed by atoms with Gasteiger partial charge >= 0.3 is 0 Å². The van der Waals surface area contributed by atoms with E-state index >= 15 is 0 Å². The number of nitrogens with zero attached hydrogens (tertiary/aromatic N) is 2. The zero-order valence-corrected chi connectivity index (χ0v) is 13.9. The second-order valence-corrected chi connectivity index (χ2v) is 6.91. The number of rotatable bonds is 3. The molecule has 0 radical (unpaired) electrons. The Morgan fingerprint density at radius 1 is 1.40 bits per heavy atom. The van der Waals surface area contributed by atoms with Gasteiger partial charge in [0.1, 0.15) is 17.3 Å². The Morgan fingerprint density at radius 3 is 2.70 bits per heavy atom. The molecule has 1 aliphatic carbocycles. The van der Waals surface area contributed by atoms with Crippen LogP contribution >= 0.6 is 27.5 Å². The maximum absolute atomic E-state index is 6.36. The van der Waals surface area contributed by atoms with Gasteiger partial charge in [0.2, 0.25) is 0 Å². The van der Waals surface area contributed by atoms with Gasteiger partial charge in [-0.05, 0) is 31.0 Å². The van der Waals surface area contributed by atoms with E-state index in [-0.39, 0.29) is 0 Å². The minimum Gasteiger partial charge on any atom is -0.383 e. The Hall–Kier alpha value is -1.00. The lowest BCUT2D eigenvalue weighted by Crippen LogP contribution is -2.06. The molecule has 2 aromatic rings. The van der Waals surface area contributed by atoms with Crippen LogP contribution in [-0.4, -0.2) is 9.55 Å². The van der Waals surface area contributed by atoms with Crippen LogP contribution in [0.3, 0.4) is 0 Å². The molecular weight excluding hydrogens is 338 g/mol. The van der Waals surface area contributed by atoms with Gasteiger partial charge in [-0.2, -0.15) is 0 Å². The Labute approximate surface area is 132 Å². The predicted octanol–water partition coefficient (Wildman–Crippen LogP) is 5.01. The van der Waals surface area contributed by atoms with Crippen LogP contribution in [0.5, 0.6) is 0 Å². The number of hydrogen-bond donors (Lipinski definition) is 1. The highest BCUT2D eigenvalue weighted by atomic mass is 79.9. The van der Waals surface area contributed by atoms with Crippen molar-refractivity contribution in [2.24, 2.45) is 0 Å². The van der Waals surface area contributed by atoms with Crippen molar-refractivity contribution in [1.29, 1.82) is 0 Å². The quantitative estimate of drug-likeness (QED) is 0.842. The number of aromatic nitrogens is 2. The summed E-state index contributed by atoms with van der Waals surface area (Å²) in [5.41, 5.74) is 8.05. The average Bonchev–Trinajstić information content (AvgIpc) is 3.16. The van der Waals surface area contributed by atoms with Crippen molar-refractivity contribution in [1.82, 2.24) is 9.55 Å². The monoisotopic (exact) mass is 353 g/mol. The van der Waals surface area contributed by atoms with Crippen molar-refractivity contribution in [2.75, 3.05) is 5.73 Å². The van der Waals surface area contributed by atoms with E-state index in [1.807, 2.05) is 18.2 Å². The molecule has 0 bridgehead atoms. The number of nitrogen functional groups attached to an aromatic ring is 1. The van der Waals surface area contributed by atoms with Gasteiger partial charge in [0.25, 0.3) is 0 Å². The number of benzene rings is 1. The summed E-state index contributed by atoms with van der Waals surface area (Å²) in [6, 6.07) is 6.27. The second-order valence-electron chi connectivity index (χ2n) is 5.58. The minimum atomic E-state index is 0.345. The summed E-state index contributed by atoms with van der Waals surface area (Å²) in [6.45, 7) is 4.29. The predicted molar refractivity (Wildman–Crippen MR) is 87.1 cm³/mol. The molecule has 3 rings (SSSR count). The fourth-order valence-corrected chi connectivity index (χ4v) is 3.03. The Morgan fingerprint density at radius 2 is 2.10 bits per heavy atom. The summed E-state index contributed by atoms with van der Waals surface area (Å²) in [6.07, 6.45) is 2.37. The molecule has 1 aromatic carbocycles. The zero-order chi connectivity index (χ0) is 14.4. The third-order valence-electron chi connectivity index (χ3n) is 3.59. The van der Waals surface area contributed by atoms with Crippen molar-refractivity contribution >= 4 is 33.3 Å². The molecule has 1 aromatic heterocycles. The average molecular weight is 355 g/mol. The second kappa shape index (κ2) is 5.08. The van der Waals surface area contributed by atoms with Gasteiger partial charge in [-0.15, -0.1) is 0 Å². The lowest BCUT2D eigenvalue weighted by molar-refractivity contribution is 0.646. The molecule has 0 atom stereocenters. The van der Waals surface area contributed by atoms with Crippen LogP contribution < -0.4 is 5.73 Å². The normalized spacial score (nSPS) is 15.1. The lowest BCUT2D eigenvalue weighted by atomic mass is 10.1. The van der Waals surface area contributed by atoms with E-state index in [4.69, 9.17) is 22.3 Å². The zero-order valence-electron chi connectivity index (χ0n) is 11.5. The molecule has 3 nitrogen and oxygen atoms in total. The Balaban J connectivity index is 2.19. The van der Waals surface area contributed by atoms with Gasteiger partial charge in [-0.1, -0.05) is 41.4 Å². The van der Waals surface area contributed by atoms with E-state index in [1.54, 1.807) is 0 Å². The van der Waals surface area contributed by atoms with Crippen LogP contribution in [0.15, 0.2) is 22.7 Å². The standard InChI is InChI=1S/C15H17BrClN3/c1-8(2)15-19-13(14(18)20(15)10-4-5-10)11-7-9(16)3-6-12(11)17/h3,6-8,10H,4-5,18H2,1-2H3. The highest BCUT2D eigenvalue weighted by Gasteiger charge is 2.31. The highest BCUT2D eigenvalue weighted by molar-refractivity contribution is 9.10.